The summed E-state index contributed by atoms with van der Waals surface area (Å²) in [6.45, 7) is 11.3. The lowest BCUT2D eigenvalue weighted by atomic mass is 9.44. The molecular formula is C39H63NO12. The van der Waals surface area contributed by atoms with Crippen molar-refractivity contribution in [2.24, 2.45) is 52.3 Å². The number of aliphatic hydroxyl groups excluding tert-OH is 6. The lowest BCUT2D eigenvalue weighted by molar-refractivity contribution is -0.371. The van der Waals surface area contributed by atoms with Crippen LogP contribution in [0.15, 0.2) is 0 Å². The van der Waals surface area contributed by atoms with E-state index in [-0.39, 0.29) is 46.5 Å². The number of ether oxygens (including phenoxy) is 5. The molecule has 0 radical (unpaired) electrons. The molecule has 13 heteroatoms. The molecule has 4 aliphatic heterocycles. The fraction of sp³-hybridized carbons (Fsp3) is 0.974. The molecule has 4 saturated heterocycles. The predicted octanol–water partition coefficient (Wildman–Crippen LogP) is 1.22. The van der Waals surface area contributed by atoms with Crippen molar-refractivity contribution < 1.29 is 59.1 Å². The highest BCUT2D eigenvalue weighted by Crippen LogP contribution is 2.70. The Hall–Kier alpha value is -0.810. The SMILES string of the molecule is CC1CCC2(NC1)OC1C(=O)C3C4CCC5CC(OC6OC(CO)C(O)C(O)C6OC6OC(C)C(O)C(O)C6O)CCC5(C)C4CCC3(C)C1C2C. The van der Waals surface area contributed by atoms with E-state index in [9.17, 15) is 35.4 Å². The molecule has 13 nitrogen and oxygen atoms in total. The number of hydrogen-bond acceptors (Lipinski definition) is 13. The summed E-state index contributed by atoms with van der Waals surface area (Å²) in [5.74, 6) is 2.62. The summed E-state index contributed by atoms with van der Waals surface area (Å²) < 4.78 is 31.0. The lowest BCUT2D eigenvalue weighted by Gasteiger charge is -2.61. The molecule has 8 rings (SSSR count). The molecule has 22 unspecified atom stereocenters. The topological polar surface area (TPSA) is 197 Å². The first-order valence-corrected chi connectivity index (χ1v) is 20.2. The molecule has 8 fully saturated rings. The summed E-state index contributed by atoms with van der Waals surface area (Å²) >= 11 is 0. The molecule has 296 valence electrons. The van der Waals surface area contributed by atoms with Gasteiger partial charge in [0.25, 0.3) is 0 Å². The Kier molecular flexibility index (Phi) is 10.0. The average Bonchev–Trinajstić information content (AvgIpc) is 3.53. The van der Waals surface area contributed by atoms with Gasteiger partial charge in [-0.05, 0) is 99.2 Å². The van der Waals surface area contributed by atoms with E-state index >= 15 is 0 Å². The summed E-state index contributed by atoms with van der Waals surface area (Å²) in [6.07, 6.45) is -5.45. The largest absolute Gasteiger partial charge is 0.394 e. The van der Waals surface area contributed by atoms with Crippen molar-refractivity contribution in [2.75, 3.05) is 13.2 Å². The van der Waals surface area contributed by atoms with Crippen molar-refractivity contribution in [2.45, 2.75) is 172 Å². The molecule has 22 atom stereocenters. The van der Waals surface area contributed by atoms with Crippen LogP contribution in [0.5, 0.6) is 0 Å². The van der Waals surface area contributed by atoms with Gasteiger partial charge in [0.05, 0.1) is 18.8 Å². The van der Waals surface area contributed by atoms with Gasteiger partial charge in [-0.15, -0.1) is 0 Å². The second-order valence-electron chi connectivity index (χ2n) is 18.8. The molecule has 52 heavy (non-hydrogen) atoms. The van der Waals surface area contributed by atoms with Crippen molar-refractivity contribution in [3.8, 4) is 0 Å². The van der Waals surface area contributed by atoms with Crippen LogP contribution in [0, 0.1) is 52.3 Å². The number of piperidine rings is 1. The maximum absolute atomic E-state index is 14.5. The van der Waals surface area contributed by atoms with E-state index in [1.54, 1.807) is 0 Å². The van der Waals surface area contributed by atoms with Crippen LogP contribution < -0.4 is 5.32 Å². The monoisotopic (exact) mass is 737 g/mol. The standard InChI is InChI=1S/C39H63NO12/c1-17-8-13-39(40-15-17)18(2)25-33(52-39)29(44)26-22-7-6-20-14-21(9-11-37(20,4)23(22)10-12-38(25,26)5)49-36-34(31(46)28(43)24(16-41)50-36)51-35-32(47)30(45)27(42)19(3)48-35/h17-28,30-36,40-43,45-47H,6-16H2,1-5H3. The summed E-state index contributed by atoms with van der Waals surface area (Å²) in [4.78, 5) is 14.5. The Morgan fingerprint density at radius 1 is 0.808 bits per heavy atom. The summed E-state index contributed by atoms with van der Waals surface area (Å²) in [5.41, 5.74) is -0.409. The minimum Gasteiger partial charge on any atom is -0.394 e. The molecule has 4 aliphatic carbocycles. The number of hydrogen-bond donors (Lipinski definition) is 7. The first kappa shape index (κ1) is 38.1. The number of carbonyl (C=O) groups excluding carboxylic acids is 1. The Bertz CT molecular complexity index is 1330. The summed E-state index contributed by atoms with van der Waals surface area (Å²) in [5, 5.41) is 66.7. The average molecular weight is 738 g/mol. The molecule has 8 aliphatic rings. The third-order valence-electron chi connectivity index (χ3n) is 16.1. The van der Waals surface area contributed by atoms with E-state index in [1.165, 1.54) is 6.92 Å². The van der Waals surface area contributed by atoms with Crippen molar-refractivity contribution in [3.05, 3.63) is 0 Å². The predicted molar refractivity (Wildman–Crippen MR) is 184 cm³/mol. The van der Waals surface area contributed by atoms with Gasteiger partial charge in [0, 0.05) is 24.3 Å². The molecule has 0 aromatic rings. The van der Waals surface area contributed by atoms with Gasteiger partial charge in [0.15, 0.2) is 18.4 Å². The van der Waals surface area contributed by atoms with Gasteiger partial charge in [-0.1, -0.05) is 27.7 Å². The minimum atomic E-state index is -1.62. The van der Waals surface area contributed by atoms with E-state index in [4.69, 9.17) is 23.7 Å². The number of aliphatic hydroxyl groups is 6. The van der Waals surface area contributed by atoms with Crippen LogP contribution in [0.25, 0.3) is 0 Å². The first-order valence-electron chi connectivity index (χ1n) is 20.2. The summed E-state index contributed by atoms with van der Waals surface area (Å²) in [7, 11) is 0. The molecule has 4 saturated carbocycles. The van der Waals surface area contributed by atoms with Gasteiger partial charge < -0.3 is 54.3 Å². The minimum absolute atomic E-state index is 0.0203. The van der Waals surface area contributed by atoms with E-state index in [1.807, 2.05) is 0 Å². The third-order valence-corrected chi connectivity index (χ3v) is 16.1. The van der Waals surface area contributed by atoms with Crippen molar-refractivity contribution in [3.63, 3.8) is 0 Å². The molecule has 0 bridgehead atoms. The number of nitrogens with one attached hydrogen (secondary N) is 1. The Morgan fingerprint density at radius 3 is 2.27 bits per heavy atom. The number of carbonyl (C=O) groups is 1. The van der Waals surface area contributed by atoms with Gasteiger partial charge in [-0.2, -0.15) is 0 Å². The van der Waals surface area contributed by atoms with Gasteiger partial charge in [0.1, 0.15) is 54.6 Å². The summed E-state index contributed by atoms with van der Waals surface area (Å²) in [6, 6.07) is 0. The van der Waals surface area contributed by atoms with Gasteiger partial charge >= 0.3 is 0 Å². The van der Waals surface area contributed by atoms with Crippen LogP contribution in [-0.2, 0) is 28.5 Å². The molecule has 4 heterocycles. The highest BCUT2D eigenvalue weighted by molar-refractivity contribution is 5.90. The van der Waals surface area contributed by atoms with Crippen LogP contribution in [0.1, 0.15) is 92.4 Å². The third kappa shape index (κ3) is 5.73. The van der Waals surface area contributed by atoms with E-state index < -0.39 is 68.0 Å². The Labute approximate surface area is 307 Å². The number of rotatable bonds is 5. The van der Waals surface area contributed by atoms with Crippen LogP contribution in [0.4, 0.5) is 0 Å². The van der Waals surface area contributed by atoms with E-state index in [2.05, 4.69) is 33.0 Å². The van der Waals surface area contributed by atoms with Crippen LogP contribution >= 0.6 is 0 Å². The van der Waals surface area contributed by atoms with Crippen molar-refractivity contribution >= 4 is 5.78 Å². The van der Waals surface area contributed by atoms with Gasteiger partial charge in [0.2, 0.25) is 0 Å². The number of ketones is 1. The quantitative estimate of drug-likeness (QED) is 0.199. The number of fused-ring (bicyclic) bond motifs is 7. The molecule has 1 spiro atoms. The lowest BCUT2D eigenvalue weighted by Crippen LogP contribution is -2.64. The highest BCUT2D eigenvalue weighted by Gasteiger charge is 2.72. The zero-order valence-corrected chi connectivity index (χ0v) is 31.4. The van der Waals surface area contributed by atoms with Crippen molar-refractivity contribution in [1.82, 2.24) is 5.32 Å². The highest BCUT2D eigenvalue weighted by atomic mass is 16.8. The molecule has 0 amide bonds. The first-order chi connectivity index (χ1) is 24.6. The molecule has 7 N–H and O–H groups in total. The maximum atomic E-state index is 14.5. The fourth-order valence-corrected chi connectivity index (χ4v) is 13.0. The normalized spacial score (nSPS) is 59.1. The second-order valence-corrected chi connectivity index (χ2v) is 18.8. The molecular weight excluding hydrogens is 674 g/mol. The van der Waals surface area contributed by atoms with Crippen molar-refractivity contribution in [1.29, 1.82) is 0 Å². The number of Topliss-reactive ketones (excluding diaryl/α,β-unsaturated/α-hetero) is 1. The smallest absolute Gasteiger partial charge is 0.187 e. The molecule has 0 aromatic heterocycles. The fourth-order valence-electron chi connectivity index (χ4n) is 13.0. The van der Waals surface area contributed by atoms with Crippen LogP contribution in [0.3, 0.4) is 0 Å². The van der Waals surface area contributed by atoms with E-state index in [0.717, 1.165) is 64.3 Å². The van der Waals surface area contributed by atoms with Gasteiger partial charge in [-0.25, -0.2) is 0 Å². The van der Waals surface area contributed by atoms with Crippen LogP contribution in [-0.4, -0.2) is 129 Å². The second kappa shape index (κ2) is 13.7. The van der Waals surface area contributed by atoms with Gasteiger partial charge in [-0.3, -0.25) is 10.1 Å². The van der Waals surface area contributed by atoms with Crippen LogP contribution in [0.2, 0.25) is 0 Å². The Balaban J connectivity index is 0.957. The van der Waals surface area contributed by atoms with E-state index in [0.29, 0.717) is 29.5 Å². The molecule has 0 aromatic carbocycles. The Morgan fingerprint density at radius 2 is 1.56 bits per heavy atom. The maximum Gasteiger partial charge on any atom is 0.187 e. The zero-order chi connectivity index (χ0) is 37.1. The zero-order valence-electron chi connectivity index (χ0n) is 31.4.